The molecule has 3 atom stereocenters. The number of urea groups is 1. The summed E-state index contributed by atoms with van der Waals surface area (Å²) in [6, 6.07) is 17.8. The fraction of sp³-hybridized carbons (Fsp3) is 0.333. The van der Waals surface area contributed by atoms with Crippen LogP contribution in [0.3, 0.4) is 0 Å². The third-order valence-corrected chi connectivity index (χ3v) is 11.2. The number of nitrogens with two attached hydrogens (primary N) is 2. The minimum Gasteiger partial charge on any atom is -0.456 e. The zero-order valence-corrected chi connectivity index (χ0v) is 34.6. The molecule has 0 bridgehead atoms. The van der Waals surface area contributed by atoms with E-state index < -0.39 is 83.5 Å². The van der Waals surface area contributed by atoms with Crippen LogP contribution in [0.2, 0.25) is 0 Å². The number of β-lactam (4-membered cyclic amide) rings is 1. The molecule has 3 aliphatic heterocycles. The molecule has 3 heterocycles. The Kier molecular flexibility index (Phi) is 13.0. The van der Waals surface area contributed by atoms with Crippen molar-refractivity contribution in [3.63, 3.8) is 0 Å². The summed E-state index contributed by atoms with van der Waals surface area (Å²) < 4.78 is 16.6. The van der Waals surface area contributed by atoms with E-state index in [4.69, 9.17) is 25.7 Å². The third-order valence-electron chi connectivity index (χ3n) is 9.85. The molecule has 0 saturated carbocycles. The predicted molar refractivity (Wildman–Crippen MR) is 220 cm³/mol. The number of hydrogen-bond donors (Lipinski definition) is 4. The molecule has 3 aromatic carbocycles. The molecule has 2 saturated heterocycles. The maximum absolute atomic E-state index is 14.3. The van der Waals surface area contributed by atoms with Crippen LogP contribution < -0.4 is 22.1 Å². The van der Waals surface area contributed by atoms with Gasteiger partial charge in [0.25, 0.3) is 5.91 Å². The molecular formula is C42H45N7O11S. The van der Waals surface area contributed by atoms with Gasteiger partial charge in [-0.15, -0.1) is 11.8 Å². The van der Waals surface area contributed by atoms with Crippen LogP contribution >= 0.6 is 11.8 Å². The van der Waals surface area contributed by atoms with Gasteiger partial charge in [0, 0.05) is 42.2 Å². The van der Waals surface area contributed by atoms with Crippen LogP contribution in [0, 0.1) is 0 Å². The lowest BCUT2D eigenvalue weighted by atomic mass is 9.98. The number of piperazine rings is 1. The highest BCUT2D eigenvalue weighted by Gasteiger charge is 2.55. The number of hydrogen-bond acceptors (Lipinski definition) is 13. The summed E-state index contributed by atoms with van der Waals surface area (Å²) in [5, 5.41) is 4.25. The van der Waals surface area contributed by atoms with Crippen LogP contribution in [0.1, 0.15) is 66.9 Å². The van der Waals surface area contributed by atoms with E-state index in [2.05, 4.69) is 10.6 Å². The second kappa shape index (κ2) is 18.2. The Bertz CT molecular complexity index is 2240. The van der Waals surface area contributed by atoms with Crippen LogP contribution in [-0.4, -0.2) is 111 Å². The van der Waals surface area contributed by atoms with Crippen molar-refractivity contribution in [3.05, 3.63) is 112 Å². The van der Waals surface area contributed by atoms with E-state index in [0.29, 0.717) is 16.0 Å². The summed E-state index contributed by atoms with van der Waals surface area (Å²) >= 11 is 1.15. The number of likely N-dealkylation sites (N-methyl/N-ethyl adjacent to an activating group) is 1. The van der Waals surface area contributed by atoms with Gasteiger partial charge in [-0.1, -0.05) is 66.7 Å². The highest BCUT2D eigenvalue weighted by atomic mass is 32.2. The zero-order chi connectivity index (χ0) is 44.2. The lowest BCUT2D eigenvalue weighted by Gasteiger charge is -2.50. The number of nitrogen functional groups attached to an aromatic ring is 1. The van der Waals surface area contributed by atoms with Gasteiger partial charge in [0.2, 0.25) is 5.91 Å². The minimum atomic E-state index is -1.67. The van der Waals surface area contributed by atoms with Crippen molar-refractivity contribution in [2.45, 2.75) is 56.9 Å². The first kappa shape index (κ1) is 43.7. The molecule has 0 unspecified atom stereocenters. The molecule has 61 heavy (non-hydrogen) atoms. The van der Waals surface area contributed by atoms with E-state index in [-0.39, 0.29) is 53.5 Å². The second-order valence-electron chi connectivity index (χ2n) is 15.1. The zero-order valence-electron chi connectivity index (χ0n) is 33.7. The quantitative estimate of drug-likeness (QED) is 0.0674. The second-order valence-corrected chi connectivity index (χ2v) is 16.2. The van der Waals surface area contributed by atoms with Gasteiger partial charge in [-0.25, -0.2) is 19.2 Å². The number of carbonyl (C=O) groups is 8. The number of ether oxygens (including phenoxy) is 3. The Morgan fingerprint density at radius 1 is 0.885 bits per heavy atom. The Morgan fingerprint density at radius 2 is 1.52 bits per heavy atom. The van der Waals surface area contributed by atoms with Gasteiger partial charge in [0.1, 0.15) is 35.4 Å². The lowest BCUT2D eigenvalue weighted by Crippen LogP contribution is -2.71. The SMILES string of the molecule is CCN1CCN(C(=O)N[C@H](C(=O)N[C@@H]2C(=O)N3C(C(=O)OC(c4ccccc4)c4ccccc4)=C(COC(N)=O)CS[C@H]23)c2ccc(C(=O)OC(C)(C)C)cc2N)C(=O)C1=O. The van der Waals surface area contributed by atoms with Gasteiger partial charge in [-0.3, -0.25) is 29.0 Å². The van der Waals surface area contributed by atoms with Crippen LogP contribution in [-0.2, 0) is 38.2 Å². The number of rotatable bonds is 12. The summed E-state index contributed by atoms with van der Waals surface area (Å²) in [5.74, 6) is -5.25. The molecule has 0 spiro atoms. The maximum atomic E-state index is 14.3. The molecule has 18 nitrogen and oxygen atoms in total. The van der Waals surface area contributed by atoms with Crippen molar-refractivity contribution in [3.8, 4) is 0 Å². The number of nitrogens with one attached hydrogen (secondary N) is 2. The summed E-state index contributed by atoms with van der Waals surface area (Å²) in [4.78, 5) is 109. The van der Waals surface area contributed by atoms with E-state index >= 15 is 0 Å². The smallest absolute Gasteiger partial charge is 0.404 e. The van der Waals surface area contributed by atoms with Gasteiger partial charge in [-0.2, -0.15) is 0 Å². The number of thioether (sulfide) groups is 1. The first-order valence-electron chi connectivity index (χ1n) is 19.2. The van der Waals surface area contributed by atoms with Gasteiger partial charge in [-0.05, 0) is 51.0 Å². The average Bonchev–Trinajstić information content (AvgIpc) is 3.23. The standard InChI is InChI=1S/C42H45N7O11S/c1-5-47-18-19-48(36(53)35(47)52)41(57)46-29(27-17-16-25(20-28(27)43)38(54)60-42(2,3)4)33(50)45-30-34(51)49-31(26(21-58-40(44)56)22-61-37(30)49)39(55)59-32(23-12-8-6-9-13-23)24-14-10-7-11-15-24/h6-17,20,29-30,32,37H,5,18-19,21-22,43H2,1-4H3,(H2,44,56)(H,45,50)(H,46,57)/t29-,30+,37+/m0/s1. The van der Waals surface area contributed by atoms with Crippen molar-refractivity contribution in [2.75, 3.05) is 37.7 Å². The Labute approximate surface area is 354 Å². The number of benzene rings is 3. The van der Waals surface area contributed by atoms with Crippen molar-refractivity contribution in [1.82, 2.24) is 25.3 Å². The number of esters is 2. The average molecular weight is 856 g/mol. The van der Waals surface area contributed by atoms with Gasteiger partial charge in [0.05, 0.1) is 5.56 Å². The van der Waals surface area contributed by atoms with Gasteiger partial charge in [0.15, 0.2) is 6.10 Å². The summed E-state index contributed by atoms with van der Waals surface area (Å²) in [6.45, 7) is 6.44. The third kappa shape index (κ3) is 9.62. The van der Waals surface area contributed by atoms with E-state index in [9.17, 15) is 38.4 Å². The highest BCUT2D eigenvalue weighted by Crippen LogP contribution is 2.42. The van der Waals surface area contributed by atoms with Gasteiger partial charge >= 0.3 is 35.9 Å². The molecule has 0 aromatic heterocycles. The first-order chi connectivity index (χ1) is 29.0. The molecule has 0 aliphatic carbocycles. The summed E-state index contributed by atoms with van der Waals surface area (Å²) in [6.07, 6.45) is -2.01. The number of imide groups is 1. The number of primary amides is 1. The number of carbonyl (C=O) groups excluding carboxylic acids is 8. The Balaban J connectivity index is 1.28. The van der Waals surface area contributed by atoms with Crippen molar-refractivity contribution in [2.24, 2.45) is 5.73 Å². The van der Waals surface area contributed by atoms with E-state index in [0.717, 1.165) is 16.7 Å². The fourth-order valence-corrected chi connectivity index (χ4v) is 8.21. The first-order valence-corrected chi connectivity index (χ1v) is 20.3. The number of anilines is 1. The Hall–Kier alpha value is -6.89. The number of fused-ring (bicyclic) bond motifs is 1. The minimum absolute atomic E-state index is 0.00744. The molecule has 0 radical (unpaired) electrons. The predicted octanol–water partition coefficient (Wildman–Crippen LogP) is 2.75. The highest BCUT2D eigenvalue weighted by molar-refractivity contribution is 8.00. The molecule has 19 heteroatoms. The molecule has 6 N–H and O–H groups in total. The van der Waals surface area contributed by atoms with Crippen LogP contribution in [0.15, 0.2) is 90.1 Å². The number of amides is 7. The van der Waals surface area contributed by atoms with Crippen LogP contribution in [0.4, 0.5) is 15.3 Å². The molecule has 7 amide bonds. The van der Waals surface area contributed by atoms with Crippen LogP contribution in [0.25, 0.3) is 0 Å². The van der Waals surface area contributed by atoms with Crippen LogP contribution in [0.5, 0.6) is 0 Å². The fourth-order valence-electron chi connectivity index (χ4n) is 6.88. The van der Waals surface area contributed by atoms with Crippen molar-refractivity contribution >= 4 is 65.1 Å². The molecule has 2 fully saturated rings. The molecular weight excluding hydrogens is 811 g/mol. The van der Waals surface area contributed by atoms with E-state index in [1.54, 1.807) is 76.2 Å². The van der Waals surface area contributed by atoms with Crippen molar-refractivity contribution < 1.29 is 52.6 Å². The lowest BCUT2D eigenvalue weighted by molar-refractivity contribution is -0.155. The molecule has 3 aliphatic rings. The Morgan fingerprint density at radius 3 is 2.10 bits per heavy atom. The monoisotopic (exact) mass is 855 g/mol. The largest absolute Gasteiger partial charge is 0.456 e. The number of nitrogens with zero attached hydrogens (tertiary/aromatic N) is 3. The summed E-state index contributed by atoms with van der Waals surface area (Å²) in [5.41, 5.74) is 12.0. The van der Waals surface area contributed by atoms with E-state index in [1.807, 2.05) is 12.1 Å². The van der Waals surface area contributed by atoms with E-state index in [1.165, 1.54) is 23.1 Å². The molecule has 320 valence electrons. The topological polar surface area (TPSA) is 250 Å². The van der Waals surface area contributed by atoms with Crippen molar-refractivity contribution in [1.29, 1.82) is 0 Å². The molecule has 3 aromatic rings. The normalized spacial score (nSPS) is 18.2. The summed E-state index contributed by atoms with van der Waals surface area (Å²) in [7, 11) is 0. The maximum Gasteiger partial charge on any atom is 0.404 e. The van der Waals surface area contributed by atoms with Gasteiger partial charge < -0.3 is 41.2 Å². The molecule has 6 rings (SSSR count).